The van der Waals surface area contributed by atoms with Crippen LogP contribution in [0.3, 0.4) is 0 Å². The van der Waals surface area contributed by atoms with Gasteiger partial charge in [-0.1, -0.05) is 36.4 Å². The quantitative estimate of drug-likeness (QED) is 0.805. The van der Waals surface area contributed by atoms with E-state index in [-0.39, 0.29) is 5.91 Å². The number of benzene rings is 2. The molecular formula is C18H18N2O2. The summed E-state index contributed by atoms with van der Waals surface area (Å²) in [6.45, 7) is 1.55. The second kappa shape index (κ2) is 4.83. The smallest absolute Gasteiger partial charge is 0.243 e. The van der Waals surface area contributed by atoms with Crippen molar-refractivity contribution in [3.8, 4) is 0 Å². The Kier molecular flexibility index (Phi) is 2.93. The van der Waals surface area contributed by atoms with E-state index < -0.39 is 5.72 Å². The minimum absolute atomic E-state index is 0.0582. The number of carbonyl (C=O) groups excluding carboxylic acids is 1. The highest BCUT2D eigenvalue weighted by Crippen LogP contribution is 2.41. The van der Waals surface area contributed by atoms with Gasteiger partial charge in [0.25, 0.3) is 0 Å². The normalized spacial score (nSPS) is 19.5. The summed E-state index contributed by atoms with van der Waals surface area (Å²) in [6.07, 6.45) is 3.85. The van der Waals surface area contributed by atoms with Gasteiger partial charge in [-0.15, -0.1) is 5.10 Å². The van der Waals surface area contributed by atoms with E-state index in [0.717, 1.165) is 42.0 Å². The summed E-state index contributed by atoms with van der Waals surface area (Å²) < 4.78 is 6.23. The third-order valence-electron chi connectivity index (χ3n) is 4.57. The topological polar surface area (TPSA) is 41.9 Å². The second-order valence-electron chi connectivity index (χ2n) is 6.02. The van der Waals surface area contributed by atoms with Gasteiger partial charge < -0.3 is 4.74 Å². The zero-order valence-corrected chi connectivity index (χ0v) is 12.6. The molecule has 22 heavy (non-hydrogen) atoms. The molecule has 0 saturated heterocycles. The van der Waals surface area contributed by atoms with Crippen LogP contribution in [-0.2, 0) is 9.53 Å². The summed E-state index contributed by atoms with van der Waals surface area (Å²) in [5.41, 5.74) is 0.395. The molecule has 0 N–H and O–H groups in total. The Morgan fingerprint density at radius 2 is 1.86 bits per heavy atom. The second-order valence-corrected chi connectivity index (χ2v) is 6.02. The molecule has 0 radical (unpaired) electrons. The average molecular weight is 294 g/mol. The first kappa shape index (κ1) is 13.3. The molecule has 1 amide bonds. The Labute approximate surface area is 129 Å². The lowest BCUT2D eigenvalue weighted by atomic mass is 10.0. The fourth-order valence-corrected chi connectivity index (χ4v) is 3.54. The van der Waals surface area contributed by atoms with E-state index in [4.69, 9.17) is 4.74 Å². The Balaban J connectivity index is 1.82. The number of amides is 1. The minimum Gasteiger partial charge on any atom is -0.447 e. The molecule has 0 bridgehead atoms. The predicted molar refractivity (Wildman–Crippen MR) is 85.3 cm³/mol. The fourth-order valence-electron chi connectivity index (χ4n) is 3.54. The van der Waals surface area contributed by atoms with Crippen molar-refractivity contribution < 1.29 is 9.53 Å². The summed E-state index contributed by atoms with van der Waals surface area (Å²) >= 11 is 0. The summed E-state index contributed by atoms with van der Waals surface area (Å²) in [5, 5.41) is 8.32. The Morgan fingerprint density at radius 3 is 2.64 bits per heavy atom. The van der Waals surface area contributed by atoms with Gasteiger partial charge in [0, 0.05) is 25.3 Å². The third kappa shape index (κ3) is 1.90. The molecule has 112 valence electrons. The van der Waals surface area contributed by atoms with Gasteiger partial charge >= 0.3 is 0 Å². The molecule has 4 nitrogen and oxygen atoms in total. The van der Waals surface area contributed by atoms with Gasteiger partial charge in [-0.2, -0.15) is 5.01 Å². The highest BCUT2D eigenvalue weighted by atomic mass is 16.6. The average Bonchev–Trinajstić information content (AvgIpc) is 3.15. The van der Waals surface area contributed by atoms with Crippen LogP contribution < -0.4 is 0 Å². The number of ether oxygens (including phenoxy) is 1. The van der Waals surface area contributed by atoms with Crippen molar-refractivity contribution in [3.05, 3.63) is 48.0 Å². The number of fused-ring (bicyclic) bond motifs is 1. The van der Waals surface area contributed by atoms with Gasteiger partial charge in [-0.3, -0.25) is 4.79 Å². The number of rotatable bonds is 1. The summed E-state index contributed by atoms with van der Waals surface area (Å²) in [5.74, 6) is 0.506. The third-order valence-corrected chi connectivity index (χ3v) is 4.57. The van der Waals surface area contributed by atoms with Crippen LogP contribution in [0.2, 0.25) is 0 Å². The molecule has 1 aliphatic heterocycles. The summed E-state index contributed by atoms with van der Waals surface area (Å²) in [7, 11) is 0. The van der Waals surface area contributed by atoms with E-state index in [1.165, 1.54) is 0 Å². The Morgan fingerprint density at radius 1 is 1.14 bits per heavy atom. The van der Waals surface area contributed by atoms with Crippen LogP contribution >= 0.6 is 0 Å². The minimum atomic E-state index is -0.557. The molecule has 1 fully saturated rings. The first-order valence-corrected chi connectivity index (χ1v) is 7.76. The molecule has 1 spiro atoms. The van der Waals surface area contributed by atoms with E-state index in [9.17, 15) is 4.79 Å². The van der Waals surface area contributed by atoms with Crippen molar-refractivity contribution in [2.24, 2.45) is 5.10 Å². The molecule has 4 rings (SSSR count). The summed E-state index contributed by atoms with van der Waals surface area (Å²) in [6, 6.07) is 14.2. The van der Waals surface area contributed by atoms with E-state index in [1.807, 2.05) is 24.3 Å². The van der Waals surface area contributed by atoms with Crippen LogP contribution in [0, 0.1) is 0 Å². The number of hydrogen-bond donors (Lipinski definition) is 0. The number of hydrogen-bond acceptors (Lipinski definition) is 3. The van der Waals surface area contributed by atoms with Crippen molar-refractivity contribution in [2.45, 2.75) is 38.3 Å². The molecule has 1 heterocycles. The molecule has 1 saturated carbocycles. The molecule has 1 aliphatic carbocycles. The van der Waals surface area contributed by atoms with Crippen LogP contribution in [0.4, 0.5) is 0 Å². The van der Waals surface area contributed by atoms with Crippen LogP contribution in [0.15, 0.2) is 47.6 Å². The SMILES string of the molecule is CC(=O)N1N=C(c2cccc3ccccc23)OC12CCCC2. The monoisotopic (exact) mass is 294 g/mol. The maximum atomic E-state index is 12.0. The lowest BCUT2D eigenvalue weighted by Gasteiger charge is -2.30. The van der Waals surface area contributed by atoms with Crippen molar-refractivity contribution in [1.82, 2.24) is 5.01 Å². The van der Waals surface area contributed by atoms with Crippen LogP contribution in [0.5, 0.6) is 0 Å². The van der Waals surface area contributed by atoms with Crippen molar-refractivity contribution in [3.63, 3.8) is 0 Å². The number of hydrazone groups is 1. The van der Waals surface area contributed by atoms with Gasteiger partial charge in [-0.25, -0.2) is 0 Å². The van der Waals surface area contributed by atoms with Crippen LogP contribution in [-0.4, -0.2) is 22.5 Å². The van der Waals surface area contributed by atoms with Gasteiger partial charge in [0.05, 0.1) is 0 Å². The van der Waals surface area contributed by atoms with Crippen molar-refractivity contribution in [1.29, 1.82) is 0 Å². The van der Waals surface area contributed by atoms with Crippen molar-refractivity contribution >= 4 is 22.6 Å². The molecule has 2 aliphatic rings. The number of carbonyl (C=O) groups is 1. The van der Waals surface area contributed by atoms with Gasteiger partial charge in [0.1, 0.15) is 0 Å². The largest absolute Gasteiger partial charge is 0.447 e. The molecule has 4 heteroatoms. The maximum Gasteiger partial charge on any atom is 0.243 e. The summed E-state index contributed by atoms with van der Waals surface area (Å²) in [4.78, 5) is 12.0. The standard InChI is InChI=1S/C18H18N2O2/c1-13(21)20-18(11-4-5-12-18)22-17(19-20)16-10-6-8-14-7-2-3-9-15(14)16/h2-3,6-10H,4-5,11-12H2,1H3. The van der Waals surface area contributed by atoms with Gasteiger partial charge in [0.2, 0.25) is 17.5 Å². The highest BCUT2D eigenvalue weighted by molar-refractivity contribution is 6.08. The van der Waals surface area contributed by atoms with Crippen LogP contribution in [0.25, 0.3) is 10.8 Å². The highest BCUT2D eigenvalue weighted by Gasteiger charge is 2.49. The first-order chi connectivity index (χ1) is 10.7. The molecule has 0 atom stereocenters. The van der Waals surface area contributed by atoms with Gasteiger partial charge in [-0.05, 0) is 29.7 Å². The Hall–Kier alpha value is -2.36. The fraction of sp³-hybridized carbons (Fsp3) is 0.333. The zero-order chi connectivity index (χ0) is 15.2. The first-order valence-electron chi connectivity index (χ1n) is 7.76. The molecule has 0 aromatic heterocycles. The lowest BCUT2D eigenvalue weighted by molar-refractivity contribution is -0.146. The Bertz CT molecular complexity index is 770. The van der Waals surface area contributed by atoms with E-state index in [2.05, 4.69) is 23.3 Å². The lowest BCUT2D eigenvalue weighted by Crippen LogP contribution is -2.44. The molecule has 2 aromatic rings. The van der Waals surface area contributed by atoms with E-state index in [1.54, 1.807) is 11.9 Å². The zero-order valence-electron chi connectivity index (χ0n) is 12.6. The molecule has 0 unspecified atom stereocenters. The number of nitrogens with zero attached hydrogens (tertiary/aromatic N) is 2. The molecular weight excluding hydrogens is 276 g/mol. The maximum absolute atomic E-state index is 12.0. The molecule has 2 aromatic carbocycles. The van der Waals surface area contributed by atoms with E-state index >= 15 is 0 Å². The van der Waals surface area contributed by atoms with Crippen LogP contribution in [0.1, 0.15) is 38.2 Å². The van der Waals surface area contributed by atoms with Gasteiger partial charge in [0.15, 0.2) is 0 Å². The van der Waals surface area contributed by atoms with Crippen molar-refractivity contribution in [2.75, 3.05) is 0 Å². The predicted octanol–water partition coefficient (Wildman–Crippen LogP) is 3.65. The van der Waals surface area contributed by atoms with E-state index in [0.29, 0.717) is 5.90 Å².